The molecule has 1 aromatic heterocycles. The van der Waals surface area contributed by atoms with Crippen LogP contribution >= 0.6 is 11.6 Å². The third-order valence-electron chi connectivity index (χ3n) is 4.97. The number of benzene rings is 1. The fourth-order valence-corrected chi connectivity index (χ4v) is 3.77. The molecule has 2 aromatic rings. The van der Waals surface area contributed by atoms with Gasteiger partial charge < -0.3 is 19.6 Å². The molecule has 29 heavy (non-hydrogen) atoms. The lowest BCUT2D eigenvalue weighted by Crippen LogP contribution is -2.29. The maximum Gasteiger partial charge on any atom is 0.259 e. The molecule has 0 atom stereocenters. The fraction of sp³-hybridized carbons (Fsp3) is 0.409. The van der Waals surface area contributed by atoms with Crippen LogP contribution in [0.4, 0.5) is 5.69 Å². The number of carbonyl (C=O) groups is 1. The SMILES string of the molecule is Cc1[nH]c(/C=C2\C(=O)N(CCCN(C)C)c3ccc(Cl)cc32)c(C)c1ON(C)C. The molecule has 2 heterocycles. The minimum Gasteiger partial charge on any atom is -0.404 e. The van der Waals surface area contributed by atoms with Crippen molar-refractivity contribution in [1.29, 1.82) is 0 Å². The van der Waals surface area contributed by atoms with Gasteiger partial charge in [0.05, 0.1) is 17.0 Å². The highest BCUT2D eigenvalue weighted by Gasteiger charge is 2.32. The molecule has 3 rings (SSSR count). The summed E-state index contributed by atoms with van der Waals surface area (Å²) in [7, 11) is 7.76. The molecule has 7 heteroatoms. The zero-order valence-electron chi connectivity index (χ0n) is 18.0. The van der Waals surface area contributed by atoms with Crippen molar-refractivity contribution in [2.24, 2.45) is 0 Å². The van der Waals surface area contributed by atoms with E-state index < -0.39 is 0 Å². The highest BCUT2D eigenvalue weighted by atomic mass is 35.5. The van der Waals surface area contributed by atoms with Crippen LogP contribution in [0.3, 0.4) is 0 Å². The largest absolute Gasteiger partial charge is 0.404 e. The van der Waals surface area contributed by atoms with Crippen molar-refractivity contribution in [2.75, 3.05) is 46.2 Å². The third-order valence-corrected chi connectivity index (χ3v) is 5.21. The number of hydrogen-bond donors (Lipinski definition) is 1. The zero-order chi connectivity index (χ0) is 21.3. The van der Waals surface area contributed by atoms with E-state index in [4.69, 9.17) is 16.4 Å². The number of aromatic nitrogens is 1. The Morgan fingerprint density at radius 2 is 1.93 bits per heavy atom. The predicted octanol–water partition coefficient (Wildman–Crippen LogP) is 3.98. The van der Waals surface area contributed by atoms with Gasteiger partial charge in [0, 0.05) is 42.5 Å². The maximum absolute atomic E-state index is 13.3. The van der Waals surface area contributed by atoms with Crippen molar-refractivity contribution in [1.82, 2.24) is 14.9 Å². The molecule has 0 unspecified atom stereocenters. The molecule has 156 valence electrons. The number of halogens is 1. The molecule has 1 aromatic carbocycles. The summed E-state index contributed by atoms with van der Waals surface area (Å²) in [5.41, 5.74) is 5.18. The second-order valence-electron chi connectivity index (χ2n) is 7.85. The number of aryl methyl sites for hydroxylation is 1. The van der Waals surface area contributed by atoms with Crippen molar-refractivity contribution in [3.63, 3.8) is 0 Å². The van der Waals surface area contributed by atoms with Gasteiger partial charge in [-0.25, -0.2) is 0 Å². The van der Waals surface area contributed by atoms with Gasteiger partial charge in [-0.15, -0.1) is 0 Å². The molecule has 0 bridgehead atoms. The molecular weight excluding hydrogens is 388 g/mol. The number of hydrogen-bond acceptors (Lipinski definition) is 4. The van der Waals surface area contributed by atoms with Gasteiger partial charge in [0.15, 0.2) is 5.75 Å². The van der Waals surface area contributed by atoms with Crippen LogP contribution in [0, 0.1) is 13.8 Å². The molecule has 6 nitrogen and oxygen atoms in total. The summed E-state index contributed by atoms with van der Waals surface area (Å²) in [6.07, 6.45) is 2.81. The van der Waals surface area contributed by atoms with E-state index in [-0.39, 0.29) is 5.91 Å². The van der Waals surface area contributed by atoms with Crippen LogP contribution < -0.4 is 9.74 Å². The van der Waals surface area contributed by atoms with E-state index in [1.54, 1.807) is 5.06 Å². The maximum atomic E-state index is 13.3. The average Bonchev–Trinajstić information content (AvgIpc) is 3.04. The topological polar surface area (TPSA) is 51.8 Å². The molecule has 1 aliphatic rings. The van der Waals surface area contributed by atoms with Gasteiger partial charge in [-0.3, -0.25) is 4.79 Å². The van der Waals surface area contributed by atoms with Crippen LogP contribution in [0.1, 0.15) is 28.9 Å². The van der Waals surface area contributed by atoms with Gasteiger partial charge in [0.2, 0.25) is 0 Å². The van der Waals surface area contributed by atoms with Crippen LogP contribution in [0.25, 0.3) is 11.6 Å². The van der Waals surface area contributed by atoms with Crippen molar-refractivity contribution >= 4 is 34.8 Å². The predicted molar refractivity (Wildman–Crippen MR) is 119 cm³/mol. The number of aromatic amines is 1. The van der Waals surface area contributed by atoms with Crippen molar-refractivity contribution in [3.05, 3.63) is 45.7 Å². The van der Waals surface area contributed by atoms with Crippen LogP contribution in [0.2, 0.25) is 5.02 Å². The Morgan fingerprint density at radius 3 is 2.59 bits per heavy atom. The fourth-order valence-electron chi connectivity index (χ4n) is 3.60. The Kier molecular flexibility index (Phi) is 6.36. The van der Waals surface area contributed by atoms with Crippen LogP contribution in [-0.4, -0.2) is 62.1 Å². The lowest BCUT2D eigenvalue weighted by Gasteiger charge is -2.18. The number of anilines is 1. The first-order valence-corrected chi connectivity index (χ1v) is 10.1. The summed E-state index contributed by atoms with van der Waals surface area (Å²) >= 11 is 6.25. The monoisotopic (exact) mass is 416 g/mol. The van der Waals surface area contributed by atoms with E-state index in [0.29, 0.717) is 17.1 Å². The lowest BCUT2D eigenvalue weighted by molar-refractivity contribution is -0.113. The molecule has 1 aliphatic heterocycles. The summed E-state index contributed by atoms with van der Waals surface area (Å²) in [5, 5.41) is 2.27. The van der Waals surface area contributed by atoms with E-state index >= 15 is 0 Å². The number of amides is 1. The van der Waals surface area contributed by atoms with Gasteiger partial charge in [-0.1, -0.05) is 11.6 Å². The Hall–Kier alpha value is -2.28. The molecule has 0 saturated carbocycles. The Morgan fingerprint density at radius 1 is 1.21 bits per heavy atom. The summed E-state index contributed by atoms with van der Waals surface area (Å²) in [6.45, 7) is 5.54. The molecule has 1 N–H and O–H groups in total. The van der Waals surface area contributed by atoms with Crippen LogP contribution in [0.15, 0.2) is 18.2 Å². The first kappa shape index (κ1) is 21.4. The lowest BCUT2D eigenvalue weighted by atomic mass is 10.1. The first-order valence-electron chi connectivity index (χ1n) is 9.71. The van der Waals surface area contributed by atoms with E-state index in [9.17, 15) is 4.79 Å². The number of hydroxylamine groups is 2. The van der Waals surface area contributed by atoms with Gasteiger partial charge >= 0.3 is 0 Å². The van der Waals surface area contributed by atoms with Crippen molar-refractivity contribution in [2.45, 2.75) is 20.3 Å². The molecule has 0 radical (unpaired) electrons. The molecule has 0 saturated heterocycles. The van der Waals surface area contributed by atoms with Crippen LogP contribution in [0.5, 0.6) is 5.75 Å². The molecule has 1 amide bonds. The molecule has 0 fully saturated rings. The highest BCUT2D eigenvalue weighted by Crippen LogP contribution is 2.40. The Bertz CT molecular complexity index is 947. The number of rotatable bonds is 7. The van der Waals surface area contributed by atoms with Gasteiger partial charge in [0.25, 0.3) is 5.91 Å². The highest BCUT2D eigenvalue weighted by molar-refractivity contribution is 6.37. The van der Waals surface area contributed by atoms with E-state index in [2.05, 4.69) is 9.88 Å². The van der Waals surface area contributed by atoms with Gasteiger partial charge in [-0.2, -0.15) is 5.06 Å². The smallest absolute Gasteiger partial charge is 0.259 e. The van der Waals surface area contributed by atoms with E-state index in [1.807, 2.05) is 71.2 Å². The molecule has 0 aliphatic carbocycles. The normalized spacial score (nSPS) is 15.1. The number of H-pyrrole nitrogens is 1. The second-order valence-corrected chi connectivity index (χ2v) is 8.29. The quantitative estimate of drug-likeness (QED) is 0.548. The Balaban J connectivity index is 1.99. The first-order chi connectivity index (χ1) is 13.7. The standard InChI is InChI=1S/C22H29ClN4O2/c1-14-19(24-15(2)21(14)29-26(5)6)13-18-17-12-16(23)8-9-20(17)27(22(18)28)11-7-10-25(3)4/h8-9,12-13,24H,7,10-11H2,1-6H3/b18-13-. The van der Waals surface area contributed by atoms with Gasteiger partial charge in [0.1, 0.15) is 0 Å². The second kappa shape index (κ2) is 8.61. The van der Waals surface area contributed by atoms with Crippen LogP contribution in [-0.2, 0) is 4.79 Å². The van der Waals surface area contributed by atoms with E-state index in [1.165, 1.54) is 0 Å². The number of carbonyl (C=O) groups excluding carboxylic acids is 1. The number of fused-ring (bicyclic) bond motifs is 1. The minimum absolute atomic E-state index is 0.00255. The zero-order valence-corrected chi connectivity index (χ0v) is 18.7. The third kappa shape index (κ3) is 4.50. The minimum atomic E-state index is 0.00255. The summed E-state index contributed by atoms with van der Waals surface area (Å²) in [4.78, 5) is 26.4. The van der Waals surface area contributed by atoms with Crippen molar-refractivity contribution in [3.8, 4) is 5.75 Å². The Labute approximate surface area is 177 Å². The number of nitrogens with zero attached hydrogens (tertiary/aromatic N) is 3. The molecular formula is C22H29ClN4O2. The number of nitrogens with one attached hydrogen (secondary N) is 1. The van der Waals surface area contributed by atoms with Gasteiger partial charge in [-0.05, 0) is 65.2 Å². The summed E-state index contributed by atoms with van der Waals surface area (Å²) in [5.74, 6) is 0.782. The van der Waals surface area contributed by atoms with E-state index in [0.717, 1.165) is 46.9 Å². The summed E-state index contributed by atoms with van der Waals surface area (Å²) in [6, 6.07) is 5.64. The summed E-state index contributed by atoms with van der Waals surface area (Å²) < 4.78 is 0. The molecule has 0 spiro atoms. The van der Waals surface area contributed by atoms with Crippen molar-refractivity contribution < 1.29 is 9.63 Å². The average molecular weight is 417 g/mol.